The number of anilines is 2. The molecule has 0 saturated heterocycles. The van der Waals surface area contributed by atoms with E-state index in [0.29, 0.717) is 18.5 Å². The highest BCUT2D eigenvalue weighted by molar-refractivity contribution is 5.99. The van der Waals surface area contributed by atoms with Crippen LogP contribution in [0.4, 0.5) is 11.4 Å². The number of carbonyl (C=O) groups is 2. The average Bonchev–Trinajstić information content (AvgIpc) is 2.49. The number of benzene rings is 1. The first-order valence-electron chi connectivity index (χ1n) is 7.10. The fourth-order valence-corrected chi connectivity index (χ4v) is 2.35. The van der Waals surface area contributed by atoms with Crippen LogP contribution >= 0.6 is 0 Å². The second-order valence-corrected chi connectivity index (χ2v) is 4.94. The Morgan fingerprint density at radius 3 is 2.59 bits per heavy atom. The van der Waals surface area contributed by atoms with Gasteiger partial charge in [-0.1, -0.05) is 18.2 Å². The quantitative estimate of drug-likeness (QED) is 0.889. The van der Waals surface area contributed by atoms with Gasteiger partial charge < -0.3 is 5.11 Å². The van der Waals surface area contributed by atoms with Crippen molar-refractivity contribution in [2.24, 2.45) is 0 Å². The van der Waals surface area contributed by atoms with Gasteiger partial charge >= 0.3 is 5.97 Å². The Labute approximate surface area is 129 Å². The number of aromatic nitrogens is 1. The summed E-state index contributed by atoms with van der Waals surface area (Å²) >= 11 is 0. The van der Waals surface area contributed by atoms with Crippen molar-refractivity contribution in [2.75, 3.05) is 4.90 Å². The van der Waals surface area contributed by atoms with Crippen LogP contribution < -0.4 is 4.90 Å². The van der Waals surface area contributed by atoms with E-state index in [-0.39, 0.29) is 12.3 Å². The van der Waals surface area contributed by atoms with Crippen molar-refractivity contribution >= 4 is 23.3 Å². The molecule has 0 saturated carbocycles. The van der Waals surface area contributed by atoms with Crippen LogP contribution in [0.3, 0.4) is 0 Å². The maximum Gasteiger partial charge on any atom is 0.303 e. The molecule has 2 rings (SSSR count). The van der Waals surface area contributed by atoms with Gasteiger partial charge in [-0.3, -0.25) is 19.5 Å². The van der Waals surface area contributed by atoms with Crippen molar-refractivity contribution in [1.29, 1.82) is 0 Å². The Bertz CT molecular complexity index is 656. The molecule has 5 nitrogen and oxygen atoms in total. The topological polar surface area (TPSA) is 70.5 Å². The second-order valence-electron chi connectivity index (χ2n) is 4.94. The highest BCUT2D eigenvalue weighted by atomic mass is 16.4. The van der Waals surface area contributed by atoms with Gasteiger partial charge in [0.05, 0.1) is 17.6 Å². The van der Waals surface area contributed by atoms with Crippen molar-refractivity contribution in [3.63, 3.8) is 0 Å². The van der Waals surface area contributed by atoms with Crippen molar-refractivity contribution in [1.82, 2.24) is 4.98 Å². The van der Waals surface area contributed by atoms with E-state index in [0.717, 1.165) is 11.3 Å². The summed E-state index contributed by atoms with van der Waals surface area (Å²) < 4.78 is 0. The van der Waals surface area contributed by atoms with Crippen LogP contribution in [0.25, 0.3) is 0 Å². The van der Waals surface area contributed by atoms with Gasteiger partial charge in [0.15, 0.2) is 0 Å². The summed E-state index contributed by atoms with van der Waals surface area (Å²) in [5, 5.41) is 8.76. The normalized spacial score (nSPS) is 10.2. The number of pyridine rings is 1. The smallest absolute Gasteiger partial charge is 0.303 e. The lowest BCUT2D eigenvalue weighted by atomic mass is 10.0. The van der Waals surface area contributed by atoms with E-state index in [4.69, 9.17) is 5.11 Å². The molecule has 0 fully saturated rings. The molecule has 0 unspecified atom stereocenters. The molecule has 1 aromatic carbocycles. The first-order chi connectivity index (χ1) is 10.6. The largest absolute Gasteiger partial charge is 0.481 e. The molecule has 114 valence electrons. The number of nitrogens with zero attached hydrogens (tertiary/aromatic N) is 2. The maximum atomic E-state index is 12.1. The molecule has 0 bridgehead atoms. The summed E-state index contributed by atoms with van der Waals surface area (Å²) in [7, 11) is 0. The number of carboxylic acids is 1. The number of rotatable bonds is 6. The van der Waals surface area contributed by atoms with Crippen LogP contribution in [-0.2, 0) is 16.0 Å². The van der Waals surface area contributed by atoms with Crippen LogP contribution in [0, 0.1) is 0 Å². The Morgan fingerprint density at radius 1 is 1.18 bits per heavy atom. The molecule has 0 spiro atoms. The lowest BCUT2D eigenvalue weighted by Gasteiger charge is -2.23. The van der Waals surface area contributed by atoms with Gasteiger partial charge in [0.1, 0.15) is 0 Å². The fraction of sp³-hybridized carbons (Fsp3) is 0.235. The zero-order valence-corrected chi connectivity index (χ0v) is 12.4. The third-order valence-electron chi connectivity index (χ3n) is 3.29. The molecule has 1 amide bonds. The van der Waals surface area contributed by atoms with E-state index in [1.54, 1.807) is 23.4 Å². The molecule has 0 atom stereocenters. The number of carbonyl (C=O) groups excluding carboxylic acids is 1. The Balaban J connectivity index is 2.32. The molecule has 22 heavy (non-hydrogen) atoms. The summed E-state index contributed by atoms with van der Waals surface area (Å²) in [6.07, 6.45) is 4.54. The summed E-state index contributed by atoms with van der Waals surface area (Å²) in [6, 6.07) is 11.1. The number of aryl methyl sites for hydroxylation is 1. The molecule has 1 heterocycles. The van der Waals surface area contributed by atoms with E-state index in [2.05, 4.69) is 4.98 Å². The number of para-hydroxylation sites is 1. The van der Waals surface area contributed by atoms with Crippen molar-refractivity contribution in [2.45, 2.75) is 26.2 Å². The minimum atomic E-state index is -0.812. The lowest BCUT2D eigenvalue weighted by Crippen LogP contribution is -2.24. The Kier molecular flexibility index (Phi) is 5.25. The first kappa shape index (κ1) is 15.7. The summed E-state index contributed by atoms with van der Waals surface area (Å²) in [4.78, 5) is 28.4. The van der Waals surface area contributed by atoms with E-state index in [1.807, 2.05) is 30.3 Å². The minimum absolute atomic E-state index is 0.112. The molecular formula is C17H18N2O3. The predicted molar refractivity (Wildman–Crippen MR) is 84.1 cm³/mol. The number of amides is 1. The SMILES string of the molecule is CC(=O)N(c1cccnc1)c1ccccc1CCCC(=O)O. The predicted octanol–water partition coefficient (Wildman–Crippen LogP) is 3.17. The standard InChI is InChI=1S/C17H18N2O3/c1-13(20)19(15-8-5-11-18-12-15)16-9-3-2-6-14(16)7-4-10-17(21)22/h2-3,5-6,8-9,11-12H,4,7,10H2,1H3,(H,21,22). The maximum absolute atomic E-state index is 12.1. The van der Waals surface area contributed by atoms with Gasteiger partial charge in [-0.2, -0.15) is 0 Å². The molecule has 0 aliphatic carbocycles. The van der Waals surface area contributed by atoms with Gasteiger partial charge in [0.25, 0.3) is 0 Å². The Hall–Kier alpha value is -2.69. The van der Waals surface area contributed by atoms with Crippen molar-refractivity contribution < 1.29 is 14.7 Å². The van der Waals surface area contributed by atoms with Crippen molar-refractivity contribution in [3.05, 3.63) is 54.4 Å². The zero-order valence-electron chi connectivity index (χ0n) is 12.4. The number of hydrogen-bond acceptors (Lipinski definition) is 3. The molecule has 2 aromatic rings. The second kappa shape index (κ2) is 7.36. The van der Waals surface area contributed by atoms with E-state index in [9.17, 15) is 9.59 Å². The van der Waals surface area contributed by atoms with Crippen LogP contribution in [0.15, 0.2) is 48.8 Å². The Morgan fingerprint density at radius 2 is 1.95 bits per heavy atom. The highest BCUT2D eigenvalue weighted by Crippen LogP contribution is 2.29. The highest BCUT2D eigenvalue weighted by Gasteiger charge is 2.17. The third-order valence-corrected chi connectivity index (χ3v) is 3.29. The van der Waals surface area contributed by atoms with E-state index >= 15 is 0 Å². The van der Waals surface area contributed by atoms with Gasteiger partial charge in [-0.15, -0.1) is 0 Å². The van der Waals surface area contributed by atoms with E-state index < -0.39 is 5.97 Å². The average molecular weight is 298 g/mol. The van der Waals surface area contributed by atoms with Crippen LogP contribution in [0.2, 0.25) is 0 Å². The fourth-order valence-electron chi connectivity index (χ4n) is 2.35. The summed E-state index contributed by atoms with van der Waals surface area (Å²) in [5.41, 5.74) is 2.41. The monoisotopic (exact) mass is 298 g/mol. The van der Waals surface area contributed by atoms with Gasteiger partial charge in [-0.25, -0.2) is 0 Å². The van der Waals surface area contributed by atoms with Gasteiger partial charge in [0, 0.05) is 19.5 Å². The molecule has 5 heteroatoms. The van der Waals surface area contributed by atoms with Gasteiger partial charge in [0.2, 0.25) is 5.91 Å². The van der Waals surface area contributed by atoms with Crippen LogP contribution in [-0.4, -0.2) is 22.0 Å². The van der Waals surface area contributed by atoms with Crippen molar-refractivity contribution in [3.8, 4) is 0 Å². The molecule has 1 aromatic heterocycles. The zero-order chi connectivity index (χ0) is 15.9. The van der Waals surface area contributed by atoms with Crippen LogP contribution in [0.5, 0.6) is 0 Å². The summed E-state index contributed by atoms with van der Waals surface area (Å²) in [6.45, 7) is 1.50. The molecule has 0 aliphatic rings. The molecule has 0 aliphatic heterocycles. The number of aliphatic carboxylic acids is 1. The third kappa shape index (κ3) is 3.91. The molecule has 1 N–H and O–H groups in total. The van der Waals surface area contributed by atoms with Crippen LogP contribution in [0.1, 0.15) is 25.3 Å². The first-order valence-corrected chi connectivity index (χ1v) is 7.10. The molecule has 0 radical (unpaired) electrons. The van der Waals surface area contributed by atoms with E-state index in [1.165, 1.54) is 6.92 Å². The van der Waals surface area contributed by atoms with Gasteiger partial charge in [-0.05, 0) is 36.6 Å². The number of carboxylic acid groups (broad SMARTS) is 1. The molecular weight excluding hydrogens is 280 g/mol. The number of hydrogen-bond donors (Lipinski definition) is 1. The summed E-state index contributed by atoms with van der Waals surface area (Å²) in [5.74, 6) is -0.924. The lowest BCUT2D eigenvalue weighted by molar-refractivity contribution is -0.137. The minimum Gasteiger partial charge on any atom is -0.481 e.